The van der Waals surface area contributed by atoms with E-state index in [1.54, 1.807) is 0 Å². The van der Waals surface area contributed by atoms with Crippen LogP contribution < -0.4 is 5.32 Å². The van der Waals surface area contributed by atoms with Gasteiger partial charge in [-0.3, -0.25) is 4.79 Å². The molecule has 3 aliphatic rings. The van der Waals surface area contributed by atoms with Crippen LogP contribution in [0.3, 0.4) is 0 Å². The summed E-state index contributed by atoms with van der Waals surface area (Å²) < 4.78 is 11.5. The van der Waals surface area contributed by atoms with Crippen LogP contribution in [0.15, 0.2) is 0 Å². The number of carbonyl (C=O) groups is 1. The zero-order chi connectivity index (χ0) is 13.8. The highest BCUT2D eigenvalue weighted by molar-refractivity contribution is 5.77. The largest absolute Gasteiger partial charge is 0.372 e. The molecule has 20 heavy (non-hydrogen) atoms. The number of rotatable bonds is 5. The molecule has 3 fully saturated rings. The Morgan fingerprint density at radius 2 is 2.15 bits per heavy atom. The van der Waals surface area contributed by atoms with Crippen molar-refractivity contribution in [2.45, 2.75) is 37.7 Å². The molecule has 0 aromatic rings. The Labute approximate surface area is 121 Å². The lowest BCUT2D eigenvalue weighted by Gasteiger charge is -2.47. The van der Waals surface area contributed by atoms with Gasteiger partial charge in [-0.25, -0.2) is 0 Å². The third-order valence-electron chi connectivity index (χ3n) is 4.84. The van der Waals surface area contributed by atoms with Crippen molar-refractivity contribution in [2.75, 3.05) is 46.0 Å². The Kier molecular flexibility index (Phi) is 4.58. The first kappa shape index (κ1) is 14.3. The van der Waals surface area contributed by atoms with Gasteiger partial charge in [-0.15, -0.1) is 0 Å². The molecule has 3 saturated heterocycles. The van der Waals surface area contributed by atoms with Gasteiger partial charge in [-0.05, 0) is 38.0 Å². The topological polar surface area (TPSA) is 50.8 Å². The molecule has 0 aliphatic carbocycles. The summed E-state index contributed by atoms with van der Waals surface area (Å²) >= 11 is 0. The van der Waals surface area contributed by atoms with Gasteiger partial charge in [-0.1, -0.05) is 0 Å². The van der Waals surface area contributed by atoms with Crippen LogP contribution in [0.5, 0.6) is 0 Å². The summed E-state index contributed by atoms with van der Waals surface area (Å²) in [6.45, 7) is 5.66. The zero-order valence-corrected chi connectivity index (χ0v) is 12.2. The van der Waals surface area contributed by atoms with Gasteiger partial charge in [-0.2, -0.15) is 0 Å². The summed E-state index contributed by atoms with van der Waals surface area (Å²) in [7, 11) is 0. The van der Waals surface area contributed by atoms with Gasteiger partial charge in [0.1, 0.15) is 6.61 Å². The van der Waals surface area contributed by atoms with Crippen molar-refractivity contribution in [3.8, 4) is 0 Å². The maximum Gasteiger partial charge on any atom is 0.248 e. The lowest BCUT2D eigenvalue weighted by atomic mass is 9.80. The smallest absolute Gasteiger partial charge is 0.248 e. The monoisotopic (exact) mass is 282 g/mol. The number of likely N-dealkylation sites (tertiary alicyclic amines) is 1. The SMILES string of the molecule is O=C(COCCC1CCOC2(CNC2)C1)N1CCCC1. The van der Waals surface area contributed by atoms with Crippen LogP contribution in [-0.4, -0.2) is 62.4 Å². The normalized spacial score (nSPS) is 28.6. The van der Waals surface area contributed by atoms with E-state index < -0.39 is 0 Å². The highest BCUT2D eigenvalue weighted by Crippen LogP contribution is 2.33. The first-order valence-electron chi connectivity index (χ1n) is 7.98. The molecule has 114 valence electrons. The molecule has 1 unspecified atom stereocenters. The van der Waals surface area contributed by atoms with Crippen molar-refractivity contribution in [1.29, 1.82) is 0 Å². The second-order valence-electron chi connectivity index (χ2n) is 6.42. The average Bonchev–Trinajstić information content (AvgIpc) is 2.96. The fraction of sp³-hybridized carbons (Fsp3) is 0.933. The van der Waals surface area contributed by atoms with E-state index in [9.17, 15) is 4.79 Å². The maximum atomic E-state index is 11.8. The van der Waals surface area contributed by atoms with Crippen LogP contribution in [0.25, 0.3) is 0 Å². The summed E-state index contributed by atoms with van der Waals surface area (Å²) in [6.07, 6.45) is 5.61. The lowest BCUT2D eigenvalue weighted by Crippen LogP contribution is -2.63. The van der Waals surface area contributed by atoms with Crippen molar-refractivity contribution in [3.05, 3.63) is 0 Å². The number of carbonyl (C=O) groups excluding carboxylic acids is 1. The number of ether oxygens (including phenoxy) is 2. The van der Waals surface area contributed by atoms with Crippen molar-refractivity contribution in [3.63, 3.8) is 0 Å². The summed E-state index contributed by atoms with van der Waals surface area (Å²) in [4.78, 5) is 13.7. The molecule has 1 N–H and O–H groups in total. The second kappa shape index (κ2) is 6.41. The molecule has 3 heterocycles. The van der Waals surface area contributed by atoms with Gasteiger partial charge < -0.3 is 19.7 Å². The molecule has 3 aliphatic heterocycles. The Balaban J connectivity index is 1.30. The number of nitrogens with zero attached hydrogens (tertiary/aromatic N) is 1. The van der Waals surface area contributed by atoms with Crippen molar-refractivity contribution >= 4 is 5.91 Å². The predicted molar refractivity (Wildman–Crippen MR) is 75.5 cm³/mol. The molecule has 1 amide bonds. The zero-order valence-electron chi connectivity index (χ0n) is 12.2. The molecule has 3 rings (SSSR count). The predicted octanol–water partition coefficient (Wildman–Crippen LogP) is 0.784. The molecule has 1 spiro atoms. The number of hydrogen-bond acceptors (Lipinski definition) is 4. The van der Waals surface area contributed by atoms with Crippen LogP contribution in [0.2, 0.25) is 0 Å². The standard InChI is InChI=1S/C15H26N2O3/c18-14(17-5-1-2-6-17)10-19-7-3-13-4-8-20-15(9-13)11-16-12-15/h13,16H,1-12H2. The molecule has 0 aromatic heterocycles. The molecule has 5 nitrogen and oxygen atoms in total. The van der Waals surface area contributed by atoms with Gasteiger partial charge in [0.15, 0.2) is 0 Å². The fourth-order valence-electron chi connectivity index (χ4n) is 3.49. The first-order valence-corrected chi connectivity index (χ1v) is 7.98. The van der Waals surface area contributed by atoms with Crippen molar-refractivity contribution in [1.82, 2.24) is 10.2 Å². The number of hydrogen-bond donors (Lipinski definition) is 1. The Morgan fingerprint density at radius 1 is 1.35 bits per heavy atom. The summed E-state index contributed by atoms with van der Waals surface area (Å²) in [5.74, 6) is 0.849. The molecular weight excluding hydrogens is 256 g/mol. The van der Waals surface area contributed by atoms with Gasteiger partial charge in [0.05, 0.1) is 5.60 Å². The average molecular weight is 282 g/mol. The fourth-order valence-corrected chi connectivity index (χ4v) is 3.49. The minimum Gasteiger partial charge on any atom is -0.372 e. The number of amides is 1. The van der Waals surface area contributed by atoms with E-state index in [1.807, 2.05) is 4.90 Å². The van der Waals surface area contributed by atoms with E-state index in [4.69, 9.17) is 9.47 Å². The van der Waals surface area contributed by atoms with Gasteiger partial charge in [0.2, 0.25) is 5.91 Å². The van der Waals surface area contributed by atoms with E-state index in [-0.39, 0.29) is 18.1 Å². The minimum absolute atomic E-state index is 0.119. The first-order chi connectivity index (χ1) is 9.77. The Morgan fingerprint density at radius 3 is 2.85 bits per heavy atom. The summed E-state index contributed by atoms with van der Waals surface area (Å²) in [6, 6.07) is 0. The third-order valence-corrected chi connectivity index (χ3v) is 4.84. The van der Waals surface area contributed by atoms with E-state index in [2.05, 4.69) is 5.32 Å². The van der Waals surface area contributed by atoms with Gasteiger partial charge in [0.25, 0.3) is 0 Å². The summed E-state index contributed by atoms with van der Waals surface area (Å²) in [5, 5.41) is 3.30. The number of nitrogens with one attached hydrogen (secondary N) is 1. The van der Waals surface area contributed by atoms with Gasteiger partial charge >= 0.3 is 0 Å². The van der Waals surface area contributed by atoms with E-state index in [1.165, 1.54) is 0 Å². The maximum absolute atomic E-state index is 11.8. The minimum atomic E-state index is 0.119. The molecule has 1 atom stereocenters. The molecule has 0 bridgehead atoms. The summed E-state index contributed by atoms with van der Waals surface area (Å²) in [5.41, 5.74) is 0.119. The van der Waals surface area contributed by atoms with E-state index in [0.717, 1.165) is 64.9 Å². The Bertz CT molecular complexity index is 338. The molecule has 0 radical (unpaired) electrons. The van der Waals surface area contributed by atoms with Crippen LogP contribution in [0, 0.1) is 5.92 Å². The van der Waals surface area contributed by atoms with Crippen molar-refractivity contribution in [2.24, 2.45) is 5.92 Å². The Hall–Kier alpha value is -0.650. The molecular formula is C15H26N2O3. The van der Waals surface area contributed by atoms with Crippen LogP contribution >= 0.6 is 0 Å². The second-order valence-corrected chi connectivity index (χ2v) is 6.42. The lowest BCUT2D eigenvalue weighted by molar-refractivity contribution is -0.137. The quantitative estimate of drug-likeness (QED) is 0.757. The highest BCUT2D eigenvalue weighted by atomic mass is 16.5. The van der Waals surface area contributed by atoms with Crippen LogP contribution in [0.1, 0.15) is 32.1 Å². The van der Waals surface area contributed by atoms with E-state index >= 15 is 0 Å². The van der Waals surface area contributed by atoms with Crippen LogP contribution in [-0.2, 0) is 14.3 Å². The molecule has 5 heteroatoms. The van der Waals surface area contributed by atoms with Gasteiger partial charge in [0, 0.05) is 39.4 Å². The molecule has 0 aromatic carbocycles. The van der Waals surface area contributed by atoms with Crippen LogP contribution in [0.4, 0.5) is 0 Å². The van der Waals surface area contributed by atoms with Crippen molar-refractivity contribution < 1.29 is 14.3 Å². The third kappa shape index (κ3) is 3.32. The molecule has 0 saturated carbocycles. The van der Waals surface area contributed by atoms with E-state index in [0.29, 0.717) is 12.5 Å². The highest BCUT2D eigenvalue weighted by Gasteiger charge is 2.42.